The van der Waals surface area contributed by atoms with Gasteiger partial charge in [-0.3, -0.25) is 4.79 Å². The van der Waals surface area contributed by atoms with E-state index in [9.17, 15) is 4.79 Å². The number of carbonyl (C=O) groups excluding carboxylic acids is 1. The minimum Gasteiger partial charge on any atom is -0.320 e. The van der Waals surface area contributed by atoms with Gasteiger partial charge < -0.3 is 11.1 Å². The second-order valence-corrected chi connectivity index (χ2v) is 5.48. The van der Waals surface area contributed by atoms with E-state index in [1.807, 2.05) is 19.1 Å². The number of hydrogen-bond acceptors (Lipinski definition) is 4. The smallest absolute Gasteiger partial charge is 0.243 e. The van der Waals surface area contributed by atoms with Crippen molar-refractivity contribution in [3.63, 3.8) is 0 Å². The number of amides is 1. The maximum absolute atomic E-state index is 11.8. The average molecular weight is 284 g/mol. The number of nitrogens with zero attached hydrogens (tertiary/aromatic N) is 1. The van der Waals surface area contributed by atoms with E-state index in [4.69, 9.17) is 17.3 Å². The normalized spacial score (nSPS) is 12.6. The van der Waals surface area contributed by atoms with Gasteiger partial charge in [0.2, 0.25) is 5.91 Å². The van der Waals surface area contributed by atoms with Gasteiger partial charge in [-0.2, -0.15) is 0 Å². The van der Waals surface area contributed by atoms with Crippen LogP contribution in [0.15, 0.2) is 18.2 Å². The number of nitrogens with two attached hydrogens (primary N) is 1. The lowest BCUT2D eigenvalue weighted by Crippen LogP contribution is -2.35. The minimum absolute atomic E-state index is 0.193. The first kappa shape index (κ1) is 13.3. The van der Waals surface area contributed by atoms with Crippen molar-refractivity contribution in [3.8, 4) is 0 Å². The molecule has 18 heavy (non-hydrogen) atoms. The van der Waals surface area contributed by atoms with E-state index in [1.165, 1.54) is 11.3 Å². The van der Waals surface area contributed by atoms with Crippen LogP contribution in [0.5, 0.6) is 0 Å². The molecule has 1 atom stereocenters. The third-order valence-electron chi connectivity index (χ3n) is 2.52. The summed E-state index contributed by atoms with van der Waals surface area (Å²) in [5.41, 5.74) is 6.56. The van der Waals surface area contributed by atoms with Crippen LogP contribution in [-0.2, 0) is 4.79 Å². The van der Waals surface area contributed by atoms with Crippen molar-refractivity contribution in [2.75, 3.05) is 5.32 Å². The number of halogens is 1. The summed E-state index contributed by atoms with van der Waals surface area (Å²) in [5, 5.41) is 3.95. The molecular formula is C12H14ClN3OS. The van der Waals surface area contributed by atoms with E-state index in [1.54, 1.807) is 6.07 Å². The third-order valence-corrected chi connectivity index (χ3v) is 3.69. The fraction of sp³-hybridized carbons (Fsp3) is 0.333. The SMILES string of the molecule is CCC[C@@H](N)C(=O)Nc1nc2ccc(Cl)cc2s1. The molecule has 0 fully saturated rings. The van der Waals surface area contributed by atoms with Crippen molar-refractivity contribution >= 4 is 44.2 Å². The quantitative estimate of drug-likeness (QED) is 0.906. The molecule has 0 saturated heterocycles. The zero-order valence-electron chi connectivity index (χ0n) is 9.94. The van der Waals surface area contributed by atoms with Crippen LogP contribution in [0.25, 0.3) is 10.2 Å². The largest absolute Gasteiger partial charge is 0.320 e. The molecule has 6 heteroatoms. The summed E-state index contributed by atoms with van der Waals surface area (Å²) in [7, 11) is 0. The van der Waals surface area contributed by atoms with Gasteiger partial charge in [0.1, 0.15) is 0 Å². The molecular weight excluding hydrogens is 270 g/mol. The molecule has 0 saturated carbocycles. The van der Waals surface area contributed by atoms with Gasteiger partial charge in [-0.1, -0.05) is 36.3 Å². The Hall–Kier alpha value is -1.17. The molecule has 0 aliphatic rings. The molecule has 1 aromatic heterocycles. The van der Waals surface area contributed by atoms with Gasteiger partial charge in [-0.05, 0) is 24.6 Å². The second kappa shape index (κ2) is 5.65. The van der Waals surface area contributed by atoms with E-state index < -0.39 is 6.04 Å². The van der Waals surface area contributed by atoms with Crippen molar-refractivity contribution in [1.82, 2.24) is 4.98 Å². The highest BCUT2D eigenvalue weighted by Gasteiger charge is 2.14. The number of fused-ring (bicyclic) bond motifs is 1. The average Bonchev–Trinajstić information content (AvgIpc) is 2.70. The summed E-state index contributed by atoms with van der Waals surface area (Å²) < 4.78 is 0.946. The Morgan fingerprint density at radius 1 is 1.61 bits per heavy atom. The first-order chi connectivity index (χ1) is 8.60. The zero-order valence-corrected chi connectivity index (χ0v) is 11.5. The van der Waals surface area contributed by atoms with Crippen molar-refractivity contribution < 1.29 is 4.79 Å². The van der Waals surface area contributed by atoms with Crippen LogP contribution >= 0.6 is 22.9 Å². The van der Waals surface area contributed by atoms with Crippen LogP contribution in [-0.4, -0.2) is 16.9 Å². The summed E-state index contributed by atoms with van der Waals surface area (Å²) in [5.74, 6) is -0.193. The van der Waals surface area contributed by atoms with Gasteiger partial charge in [0, 0.05) is 5.02 Å². The molecule has 0 unspecified atom stereocenters. The Morgan fingerprint density at radius 2 is 2.39 bits per heavy atom. The lowest BCUT2D eigenvalue weighted by atomic mass is 10.2. The number of nitrogens with one attached hydrogen (secondary N) is 1. The van der Waals surface area contributed by atoms with E-state index >= 15 is 0 Å². The lowest BCUT2D eigenvalue weighted by molar-refractivity contribution is -0.117. The molecule has 96 valence electrons. The first-order valence-corrected chi connectivity index (χ1v) is 6.92. The number of thiazole rings is 1. The van der Waals surface area contributed by atoms with Crippen molar-refractivity contribution in [3.05, 3.63) is 23.2 Å². The molecule has 2 aromatic rings. The van der Waals surface area contributed by atoms with Gasteiger partial charge >= 0.3 is 0 Å². The van der Waals surface area contributed by atoms with Crippen molar-refractivity contribution in [1.29, 1.82) is 0 Å². The highest BCUT2D eigenvalue weighted by molar-refractivity contribution is 7.22. The Bertz CT molecular complexity index is 569. The molecule has 0 radical (unpaired) electrons. The van der Waals surface area contributed by atoms with Gasteiger partial charge in [-0.25, -0.2) is 4.98 Å². The fourth-order valence-electron chi connectivity index (χ4n) is 1.59. The van der Waals surface area contributed by atoms with Crippen LogP contribution in [0.1, 0.15) is 19.8 Å². The second-order valence-electron chi connectivity index (χ2n) is 4.02. The molecule has 1 aromatic carbocycles. The molecule has 1 amide bonds. The number of rotatable bonds is 4. The summed E-state index contributed by atoms with van der Waals surface area (Å²) in [4.78, 5) is 16.1. The number of anilines is 1. The van der Waals surface area contributed by atoms with E-state index in [-0.39, 0.29) is 5.91 Å². The van der Waals surface area contributed by atoms with E-state index in [2.05, 4.69) is 10.3 Å². The highest BCUT2D eigenvalue weighted by atomic mass is 35.5. The number of carbonyl (C=O) groups is 1. The molecule has 0 bridgehead atoms. The Kier molecular flexibility index (Phi) is 4.16. The maximum Gasteiger partial charge on any atom is 0.243 e. The monoisotopic (exact) mass is 283 g/mol. The van der Waals surface area contributed by atoms with Crippen LogP contribution in [0, 0.1) is 0 Å². The molecule has 2 rings (SSSR count). The van der Waals surface area contributed by atoms with Gasteiger partial charge in [0.15, 0.2) is 5.13 Å². The summed E-state index contributed by atoms with van der Waals surface area (Å²) in [6.07, 6.45) is 1.55. The first-order valence-electron chi connectivity index (χ1n) is 5.72. The Balaban J connectivity index is 2.14. The Morgan fingerprint density at radius 3 is 3.11 bits per heavy atom. The third kappa shape index (κ3) is 2.98. The summed E-state index contributed by atoms with van der Waals surface area (Å²) in [6, 6.07) is 4.95. The van der Waals surface area contributed by atoms with E-state index in [0.29, 0.717) is 16.6 Å². The predicted octanol–water partition coefficient (Wildman–Crippen LogP) is 3.02. The molecule has 1 heterocycles. The predicted molar refractivity (Wildman–Crippen MR) is 76.1 cm³/mol. The number of aromatic nitrogens is 1. The zero-order chi connectivity index (χ0) is 13.1. The van der Waals surface area contributed by atoms with Crippen LogP contribution in [0.4, 0.5) is 5.13 Å². The lowest BCUT2D eigenvalue weighted by Gasteiger charge is -2.08. The van der Waals surface area contributed by atoms with E-state index in [0.717, 1.165) is 16.6 Å². The van der Waals surface area contributed by atoms with Crippen molar-refractivity contribution in [2.24, 2.45) is 5.73 Å². The minimum atomic E-state index is -0.481. The molecule has 4 nitrogen and oxygen atoms in total. The van der Waals surface area contributed by atoms with Gasteiger partial charge in [-0.15, -0.1) is 0 Å². The molecule has 3 N–H and O–H groups in total. The van der Waals surface area contributed by atoms with Gasteiger partial charge in [0.05, 0.1) is 16.3 Å². The summed E-state index contributed by atoms with van der Waals surface area (Å²) >= 11 is 7.29. The standard InChI is InChI=1S/C12H14ClN3OS/c1-2-3-8(14)11(17)16-12-15-9-5-4-7(13)6-10(9)18-12/h4-6,8H,2-3,14H2,1H3,(H,15,16,17)/t8-/m1/s1. The maximum atomic E-state index is 11.8. The number of benzene rings is 1. The van der Waals surface area contributed by atoms with Gasteiger partial charge in [0.25, 0.3) is 0 Å². The molecule has 0 aliphatic heterocycles. The van der Waals surface area contributed by atoms with Crippen LogP contribution in [0.2, 0.25) is 5.02 Å². The molecule has 0 aliphatic carbocycles. The van der Waals surface area contributed by atoms with Crippen LogP contribution in [0.3, 0.4) is 0 Å². The Labute approximate surface area is 114 Å². The molecule has 0 spiro atoms. The van der Waals surface area contributed by atoms with Crippen molar-refractivity contribution in [2.45, 2.75) is 25.8 Å². The topological polar surface area (TPSA) is 68.0 Å². The van der Waals surface area contributed by atoms with Crippen LogP contribution < -0.4 is 11.1 Å². The summed E-state index contributed by atoms with van der Waals surface area (Å²) in [6.45, 7) is 1.99. The number of hydrogen-bond donors (Lipinski definition) is 2. The highest BCUT2D eigenvalue weighted by Crippen LogP contribution is 2.28. The fourth-order valence-corrected chi connectivity index (χ4v) is 2.74.